The van der Waals surface area contributed by atoms with Gasteiger partial charge in [-0.25, -0.2) is 0 Å². The molecule has 0 fully saturated rings. The minimum Gasteiger partial charge on any atom is -0.258 e. The van der Waals surface area contributed by atoms with Gasteiger partial charge in [0.15, 0.2) is 0 Å². The van der Waals surface area contributed by atoms with Gasteiger partial charge in [0.05, 0.1) is 22.8 Å². The number of aromatic nitrogens is 4. The average Bonchev–Trinajstić information content (AvgIpc) is 2.28. The van der Waals surface area contributed by atoms with E-state index in [0.717, 1.165) is 22.8 Å². The summed E-state index contributed by atoms with van der Waals surface area (Å²) in [5.74, 6) is 0. The first kappa shape index (κ1) is 12.2. The molecule has 0 radical (unpaired) electrons. The van der Waals surface area contributed by atoms with E-state index in [1.165, 1.54) is 0 Å². The maximum Gasteiger partial charge on any atom is 0.0555 e. The second-order valence-electron chi connectivity index (χ2n) is 3.60. The number of aryl methyl sites for hydroxylation is 4. The van der Waals surface area contributed by atoms with Crippen LogP contribution in [-0.4, -0.2) is 19.9 Å². The van der Waals surface area contributed by atoms with Crippen LogP contribution < -0.4 is 0 Å². The number of hydrogen-bond donors (Lipinski definition) is 0. The van der Waals surface area contributed by atoms with Crippen LogP contribution in [0, 0.1) is 27.7 Å². The summed E-state index contributed by atoms with van der Waals surface area (Å²) in [5, 5.41) is 0. The zero-order chi connectivity index (χ0) is 12.0. The molecule has 84 valence electrons. The lowest BCUT2D eigenvalue weighted by Crippen LogP contribution is -1.84. The fourth-order valence-electron chi connectivity index (χ4n) is 0.914. The summed E-state index contributed by atoms with van der Waals surface area (Å²) in [6, 6.07) is 0. The number of hydrogen-bond acceptors (Lipinski definition) is 4. The Bertz CT molecular complexity index is 334. The molecule has 4 nitrogen and oxygen atoms in total. The summed E-state index contributed by atoms with van der Waals surface area (Å²) >= 11 is 0. The Morgan fingerprint density at radius 1 is 0.500 bits per heavy atom. The van der Waals surface area contributed by atoms with Gasteiger partial charge < -0.3 is 0 Å². The molecule has 0 aromatic carbocycles. The van der Waals surface area contributed by atoms with Crippen LogP contribution in [0.25, 0.3) is 0 Å². The van der Waals surface area contributed by atoms with E-state index >= 15 is 0 Å². The molecular formula is C12H16N4. The van der Waals surface area contributed by atoms with Gasteiger partial charge in [0, 0.05) is 24.8 Å². The molecule has 2 heterocycles. The van der Waals surface area contributed by atoms with E-state index in [-0.39, 0.29) is 0 Å². The normalized spacial score (nSPS) is 9.25. The highest BCUT2D eigenvalue weighted by Crippen LogP contribution is 1.89. The zero-order valence-corrected chi connectivity index (χ0v) is 10.1. The van der Waals surface area contributed by atoms with Crippen LogP contribution in [0.3, 0.4) is 0 Å². The molecular weight excluding hydrogens is 200 g/mol. The van der Waals surface area contributed by atoms with Crippen LogP contribution in [0.4, 0.5) is 0 Å². The molecule has 2 aromatic rings. The molecule has 0 aliphatic rings. The van der Waals surface area contributed by atoms with Gasteiger partial charge >= 0.3 is 0 Å². The van der Waals surface area contributed by atoms with Gasteiger partial charge in [0.1, 0.15) is 0 Å². The number of rotatable bonds is 0. The Labute approximate surface area is 95.8 Å². The first-order chi connectivity index (χ1) is 7.58. The third-order valence-corrected chi connectivity index (χ3v) is 1.82. The third kappa shape index (κ3) is 4.59. The second kappa shape index (κ2) is 5.90. The summed E-state index contributed by atoms with van der Waals surface area (Å²) in [6.45, 7) is 7.69. The second-order valence-corrected chi connectivity index (χ2v) is 3.60. The lowest BCUT2D eigenvalue weighted by atomic mass is 10.5. The van der Waals surface area contributed by atoms with E-state index in [1.54, 1.807) is 24.8 Å². The summed E-state index contributed by atoms with van der Waals surface area (Å²) in [4.78, 5) is 16.1. The standard InChI is InChI=1S/2C6H8N2/c2*1-5-3-8-6(2)4-7-5/h2*3-4H,1-2H3. The maximum atomic E-state index is 4.02. The molecule has 0 saturated carbocycles. The Morgan fingerprint density at radius 2 is 0.688 bits per heavy atom. The summed E-state index contributed by atoms with van der Waals surface area (Å²) < 4.78 is 0. The van der Waals surface area contributed by atoms with Crippen LogP contribution in [0.15, 0.2) is 24.8 Å². The zero-order valence-electron chi connectivity index (χ0n) is 10.1. The Hall–Kier alpha value is -1.84. The van der Waals surface area contributed by atoms with E-state index in [4.69, 9.17) is 0 Å². The van der Waals surface area contributed by atoms with Gasteiger partial charge in [0.25, 0.3) is 0 Å². The minimum absolute atomic E-state index is 0.968. The highest BCUT2D eigenvalue weighted by Gasteiger charge is 1.83. The molecule has 4 heteroatoms. The first-order valence-corrected chi connectivity index (χ1v) is 5.08. The van der Waals surface area contributed by atoms with Gasteiger partial charge in [-0.05, 0) is 27.7 Å². The monoisotopic (exact) mass is 216 g/mol. The van der Waals surface area contributed by atoms with Crippen molar-refractivity contribution in [2.45, 2.75) is 27.7 Å². The van der Waals surface area contributed by atoms with Crippen molar-refractivity contribution in [3.05, 3.63) is 47.6 Å². The molecule has 2 rings (SSSR count). The molecule has 0 spiro atoms. The predicted octanol–water partition coefficient (Wildman–Crippen LogP) is 2.19. The van der Waals surface area contributed by atoms with Gasteiger partial charge in [0.2, 0.25) is 0 Å². The van der Waals surface area contributed by atoms with Crippen molar-refractivity contribution in [2.24, 2.45) is 0 Å². The van der Waals surface area contributed by atoms with Crippen molar-refractivity contribution in [3.63, 3.8) is 0 Å². The lowest BCUT2D eigenvalue weighted by Gasteiger charge is -1.88. The average molecular weight is 216 g/mol. The summed E-state index contributed by atoms with van der Waals surface area (Å²) in [7, 11) is 0. The Balaban J connectivity index is 0.000000160. The van der Waals surface area contributed by atoms with E-state index < -0.39 is 0 Å². The topological polar surface area (TPSA) is 51.6 Å². The van der Waals surface area contributed by atoms with Crippen LogP contribution in [-0.2, 0) is 0 Å². The van der Waals surface area contributed by atoms with Crippen LogP contribution in [0.2, 0.25) is 0 Å². The van der Waals surface area contributed by atoms with Crippen molar-refractivity contribution in [2.75, 3.05) is 0 Å². The molecule has 0 unspecified atom stereocenters. The molecule has 16 heavy (non-hydrogen) atoms. The lowest BCUT2D eigenvalue weighted by molar-refractivity contribution is 1.06. The van der Waals surface area contributed by atoms with E-state index in [1.807, 2.05) is 27.7 Å². The molecule has 0 atom stereocenters. The predicted molar refractivity (Wildman–Crippen MR) is 63.0 cm³/mol. The maximum absolute atomic E-state index is 4.02. The van der Waals surface area contributed by atoms with Crippen molar-refractivity contribution in [3.8, 4) is 0 Å². The summed E-state index contributed by atoms with van der Waals surface area (Å²) in [5.41, 5.74) is 3.87. The van der Waals surface area contributed by atoms with E-state index in [9.17, 15) is 0 Å². The largest absolute Gasteiger partial charge is 0.258 e. The smallest absolute Gasteiger partial charge is 0.0555 e. The highest BCUT2D eigenvalue weighted by molar-refractivity contribution is 4.98. The van der Waals surface area contributed by atoms with Crippen molar-refractivity contribution >= 4 is 0 Å². The van der Waals surface area contributed by atoms with Crippen LogP contribution in [0.5, 0.6) is 0 Å². The van der Waals surface area contributed by atoms with Crippen molar-refractivity contribution < 1.29 is 0 Å². The van der Waals surface area contributed by atoms with Gasteiger partial charge in [-0.2, -0.15) is 0 Å². The van der Waals surface area contributed by atoms with Gasteiger partial charge in [-0.3, -0.25) is 19.9 Å². The minimum atomic E-state index is 0.968. The highest BCUT2D eigenvalue weighted by atomic mass is 14.8. The fourth-order valence-corrected chi connectivity index (χ4v) is 0.914. The SMILES string of the molecule is Cc1cnc(C)cn1.Cc1cnc(C)cn1. The van der Waals surface area contributed by atoms with Crippen LogP contribution in [0.1, 0.15) is 22.8 Å². The first-order valence-electron chi connectivity index (χ1n) is 5.08. The van der Waals surface area contributed by atoms with E-state index in [0.29, 0.717) is 0 Å². The summed E-state index contributed by atoms with van der Waals surface area (Å²) in [6.07, 6.45) is 7.04. The molecule has 0 saturated heterocycles. The quantitative estimate of drug-likeness (QED) is 0.677. The van der Waals surface area contributed by atoms with Crippen LogP contribution >= 0.6 is 0 Å². The molecule has 2 aromatic heterocycles. The van der Waals surface area contributed by atoms with E-state index in [2.05, 4.69) is 19.9 Å². The van der Waals surface area contributed by atoms with Crippen molar-refractivity contribution in [1.82, 2.24) is 19.9 Å². The molecule has 0 aliphatic heterocycles. The Morgan fingerprint density at radius 3 is 0.812 bits per heavy atom. The molecule has 0 N–H and O–H groups in total. The Kier molecular flexibility index (Phi) is 4.51. The van der Waals surface area contributed by atoms with Gasteiger partial charge in [-0.1, -0.05) is 0 Å². The van der Waals surface area contributed by atoms with Gasteiger partial charge in [-0.15, -0.1) is 0 Å². The number of nitrogens with zero attached hydrogens (tertiary/aromatic N) is 4. The fraction of sp³-hybridized carbons (Fsp3) is 0.333. The molecule has 0 bridgehead atoms. The van der Waals surface area contributed by atoms with Crippen molar-refractivity contribution in [1.29, 1.82) is 0 Å². The molecule has 0 amide bonds. The third-order valence-electron chi connectivity index (χ3n) is 1.82. The molecule has 0 aliphatic carbocycles.